The predicted molar refractivity (Wildman–Crippen MR) is 116 cm³/mol. The van der Waals surface area contributed by atoms with E-state index in [1.165, 1.54) is 0 Å². The van der Waals surface area contributed by atoms with Crippen molar-refractivity contribution in [3.8, 4) is 11.3 Å². The van der Waals surface area contributed by atoms with Crippen LogP contribution in [0.2, 0.25) is 10.0 Å². The molecule has 2 aromatic carbocycles. The van der Waals surface area contributed by atoms with Crippen LogP contribution >= 0.6 is 23.2 Å². The Morgan fingerprint density at radius 2 is 1.76 bits per heavy atom. The number of carbonyl (C=O) groups excluding carboxylic acids is 1. The van der Waals surface area contributed by atoms with Gasteiger partial charge < -0.3 is 0 Å². The Morgan fingerprint density at radius 1 is 0.966 bits per heavy atom. The summed E-state index contributed by atoms with van der Waals surface area (Å²) >= 11 is 12.2. The van der Waals surface area contributed by atoms with Crippen molar-refractivity contribution in [2.45, 2.75) is 0 Å². The molecule has 1 N–H and O–H groups in total. The lowest BCUT2D eigenvalue weighted by Crippen LogP contribution is -2.18. The van der Waals surface area contributed by atoms with Crippen molar-refractivity contribution in [2.24, 2.45) is 5.10 Å². The number of para-hydroxylation sites is 1. The first-order chi connectivity index (χ1) is 14.1. The molecule has 2 heterocycles. The van der Waals surface area contributed by atoms with E-state index < -0.39 is 0 Å². The van der Waals surface area contributed by atoms with Crippen molar-refractivity contribution in [2.75, 3.05) is 0 Å². The molecule has 0 spiro atoms. The first kappa shape index (κ1) is 19.1. The Morgan fingerprint density at radius 3 is 2.55 bits per heavy atom. The lowest BCUT2D eigenvalue weighted by atomic mass is 10.0. The summed E-state index contributed by atoms with van der Waals surface area (Å²) in [4.78, 5) is 21.4. The summed E-state index contributed by atoms with van der Waals surface area (Å²) in [6.45, 7) is 0. The molecule has 0 fully saturated rings. The third-order valence-corrected chi connectivity index (χ3v) is 5.00. The number of amides is 1. The lowest BCUT2D eigenvalue weighted by molar-refractivity contribution is 0.0957. The fraction of sp³-hybridized carbons (Fsp3) is 0. The molecule has 0 bridgehead atoms. The van der Waals surface area contributed by atoms with Gasteiger partial charge in [0.25, 0.3) is 5.91 Å². The minimum atomic E-state index is -0.338. The number of carbonyl (C=O) groups is 1. The Bertz CT molecular complexity index is 1230. The summed E-state index contributed by atoms with van der Waals surface area (Å²) in [6.07, 6.45) is 4.87. The molecular weight excluding hydrogens is 407 g/mol. The summed E-state index contributed by atoms with van der Waals surface area (Å²) in [5, 5.41) is 5.65. The van der Waals surface area contributed by atoms with Gasteiger partial charge in [-0.1, -0.05) is 47.5 Å². The van der Waals surface area contributed by atoms with Crippen molar-refractivity contribution in [1.29, 1.82) is 0 Å². The molecule has 1 amide bonds. The molecule has 0 aliphatic carbocycles. The zero-order valence-electron chi connectivity index (χ0n) is 15.0. The van der Waals surface area contributed by atoms with E-state index in [0.29, 0.717) is 26.8 Å². The number of benzene rings is 2. The Labute approximate surface area is 177 Å². The maximum atomic E-state index is 12.8. The molecule has 0 atom stereocenters. The van der Waals surface area contributed by atoms with E-state index >= 15 is 0 Å². The zero-order chi connectivity index (χ0) is 20.2. The Hall–Kier alpha value is -3.28. The maximum Gasteiger partial charge on any atom is 0.272 e. The average molecular weight is 421 g/mol. The molecule has 0 saturated carbocycles. The fourth-order valence-electron chi connectivity index (χ4n) is 2.84. The molecule has 4 rings (SSSR count). The van der Waals surface area contributed by atoms with E-state index in [-0.39, 0.29) is 5.91 Å². The van der Waals surface area contributed by atoms with Crippen molar-refractivity contribution in [1.82, 2.24) is 15.4 Å². The first-order valence-corrected chi connectivity index (χ1v) is 9.46. The number of hydrazone groups is 1. The molecule has 0 unspecified atom stereocenters. The molecule has 0 radical (unpaired) electrons. The minimum absolute atomic E-state index is 0.338. The smallest absolute Gasteiger partial charge is 0.267 e. The van der Waals surface area contributed by atoms with Crippen molar-refractivity contribution < 1.29 is 4.79 Å². The molecule has 4 aromatic rings. The van der Waals surface area contributed by atoms with Crippen molar-refractivity contribution in [3.05, 3.63) is 94.2 Å². The molecule has 142 valence electrons. The summed E-state index contributed by atoms with van der Waals surface area (Å²) < 4.78 is 0. The van der Waals surface area contributed by atoms with Gasteiger partial charge in [-0.3, -0.25) is 9.78 Å². The first-order valence-electron chi connectivity index (χ1n) is 8.70. The molecule has 5 nitrogen and oxygen atoms in total. The van der Waals surface area contributed by atoms with Crippen LogP contribution in [0.25, 0.3) is 22.2 Å². The van der Waals surface area contributed by atoms with Gasteiger partial charge in [-0.25, -0.2) is 10.4 Å². The number of rotatable bonds is 4. The number of fused-ring (bicyclic) bond motifs is 1. The fourth-order valence-corrected chi connectivity index (χ4v) is 3.14. The van der Waals surface area contributed by atoms with Crippen molar-refractivity contribution in [3.63, 3.8) is 0 Å². The SMILES string of the molecule is O=C(N/N=C\c1ccncc1)c1cc(-c2ccc(Cl)c(Cl)c2)nc2ccccc12. The van der Waals surface area contributed by atoms with Gasteiger partial charge in [-0.2, -0.15) is 5.10 Å². The number of aromatic nitrogens is 2. The van der Waals surface area contributed by atoms with Crippen LogP contribution in [0.3, 0.4) is 0 Å². The van der Waals surface area contributed by atoms with Gasteiger partial charge in [0.1, 0.15) is 0 Å². The predicted octanol–water partition coefficient (Wildman–Crippen LogP) is 5.37. The normalized spacial score (nSPS) is 11.1. The van der Waals surface area contributed by atoms with E-state index in [2.05, 4.69) is 20.5 Å². The minimum Gasteiger partial charge on any atom is -0.267 e. The number of hydrogen-bond donors (Lipinski definition) is 1. The zero-order valence-corrected chi connectivity index (χ0v) is 16.5. The number of pyridine rings is 2. The van der Waals surface area contributed by atoms with Crippen LogP contribution < -0.4 is 5.43 Å². The number of hydrogen-bond acceptors (Lipinski definition) is 4. The standard InChI is InChI=1S/C22H14Cl2N4O/c23-18-6-5-15(11-19(18)24)21-12-17(16-3-1-2-4-20(16)27-21)22(29)28-26-13-14-7-9-25-10-8-14/h1-13H,(H,28,29)/b26-13-. The highest BCUT2D eigenvalue weighted by molar-refractivity contribution is 6.42. The second-order valence-corrected chi connectivity index (χ2v) is 7.00. The van der Waals surface area contributed by atoms with Gasteiger partial charge in [0.15, 0.2) is 0 Å². The molecule has 7 heteroatoms. The third kappa shape index (κ3) is 4.26. The molecule has 0 aliphatic heterocycles. The topological polar surface area (TPSA) is 67.2 Å². The van der Waals surface area contributed by atoms with E-state index in [9.17, 15) is 4.79 Å². The number of nitrogens with one attached hydrogen (secondary N) is 1. The summed E-state index contributed by atoms with van der Waals surface area (Å²) in [6, 6.07) is 18.0. The third-order valence-electron chi connectivity index (χ3n) is 4.26. The summed E-state index contributed by atoms with van der Waals surface area (Å²) in [5.74, 6) is -0.338. The van der Waals surface area contributed by atoms with Crippen LogP contribution in [-0.2, 0) is 0 Å². The van der Waals surface area contributed by atoms with Crippen LogP contribution in [0, 0.1) is 0 Å². The van der Waals surface area contributed by atoms with Gasteiger partial charge in [0.05, 0.1) is 33.0 Å². The van der Waals surface area contributed by atoms with Gasteiger partial charge in [0, 0.05) is 23.3 Å². The quantitative estimate of drug-likeness (QED) is 0.356. The van der Waals surface area contributed by atoms with Gasteiger partial charge in [-0.05, 0) is 42.0 Å². The van der Waals surface area contributed by atoms with Crippen molar-refractivity contribution >= 4 is 46.2 Å². The molecule has 2 aromatic heterocycles. The number of nitrogens with zero attached hydrogens (tertiary/aromatic N) is 3. The van der Waals surface area contributed by atoms with Gasteiger partial charge >= 0.3 is 0 Å². The Kier molecular flexibility index (Phi) is 5.51. The molecule has 0 aliphatic rings. The monoisotopic (exact) mass is 420 g/mol. The molecule has 29 heavy (non-hydrogen) atoms. The van der Waals surface area contributed by atoms with E-state index in [4.69, 9.17) is 23.2 Å². The summed E-state index contributed by atoms with van der Waals surface area (Å²) in [5.41, 5.74) is 5.94. The molecule has 0 saturated heterocycles. The van der Waals surface area contributed by atoms with Crippen LogP contribution in [0.4, 0.5) is 0 Å². The van der Waals surface area contributed by atoms with E-state index in [1.54, 1.807) is 48.9 Å². The maximum absolute atomic E-state index is 12.8. The average Bonchev–Trinajstić information content (AvgIpc) is 2.75. The van der Waals surface area contributed by atoms with Gasteiger partial charge in [-0.15, -0.1) is 0 Å². The highest BCUT2D eigenvalue weighted by atomic mass is 35.5. The largest absolute Gasteiger partial charge is 0.272 e. The highest BCUT2D eigenvalue weighted by Gasteiger charge is 2.14. The summed E-state index contributed by atoms with van der Waals surface area (Å²) in [7, 11) is 0. The molecular formula is C22H14Cl2N4O. The highest BCUT2D eigenvalue weighted by Crippen LogP contribution is 2.30. The van der Waals surface area contributed by atoms with E-state index in [1.807, 2.05) is 30.3 Å². The van der Waals surface area contributed by atoms with E-state index in [0.717, 1.165) is 16.5 Å². The lowest BCUT2D eigenvalue weighted by Gasteiger charge is -2.09. The van der Waals surface area contributed by atoms with Crippen LogP contribution in [0.5, 0.6) is 0 Å². The second kappa shape index (κ2) is 8.39. The van der Waals surface area contributed by atoms with Crippen LogP contribution in [0.1, 0.15) is 15.9 Å². The van der Waals surface area contributed by atoms with Crippen LogP contribution in [-0.4, -0.2) is 22.1 Å². The number of halogens is 2. The second-order valence-electron chi connectivity index (χ2n) is 6.18. The Balaban J connectivity index is 1.71. The van der Waals surface area contributed by atoms with Crippen LogP contribution in [0.15, 0.2) is 78.2 Å². The van der Waals surface area contributed by atoms with Gasteiger partial charge in [0.2, 0.25) is 0 Å².